The lowest BCUT2D eigenvalue weighted by Crippen LogP contribution is -2.42. The molecule has 12 nitrogen and oxygen atoms in total. The molecule has 2 bridgehead atoms. The number of alkyl halides is 6. The minimum Gasteiger partial charge on any atom is -0.420 e. The maximum absolute atomic E-state index is 12.8. The first-order chi connectivity index (χ1) is 26.4. The van der Waals surface area contributed by atoms with E-state index >= 15 is 0 Å². The number of anilines is 1. The number of para-hydroxylation sites is 4. The highest BCUT2D eigenvalue weighted by atomic mass is 79.9. The molecule has 2 aliphatic rings. The van der Waals surface area contributed by atoms with Crippen LogP contribution in [0.2, 0.25) is 0 Å². The molecule has 20 heteroatoms. The summed E-state index contributed by atoms with van der Waals surface area (Å²) < 4.78 is 103. The molecule has 0 N–H and O–H groups in total. The van der Waals surface area contributed by atoms with E-state index in [-0.39, 0.29) is 40.3 Å². The molecule has 3 atom stereocenters. The number of hydrogen-bond donors (Lipinski definition) is 0. The van der Waals surface area contributed by atoms with Gasteiger partial charge in [0.15, 0.2) is 28.8 Å². The van der Waals surface area contributed by atoms with Crippen LogP contribution in [0.3, 0.4) is 0 Å². The van der Waals surface area contributed by atoms with E-state index in [2.05, 4.69) is 60.9 Å². The number of aryl methyl sites for hydroxylation is 1. The quantitative estimate of drug-likeness (QED) is 0.119. The van der Waals surface area contributed by atoms with Crippen LogP contribution >= 0.6 is 27.5 Å². The average Bonchev–Trinajstić information content (AvgIpc) is 3.87. The summed E-state index contributed by atoms with van der Waals surface area (Å²) in [6.07, 6.45) is -6.53. The summed E-state index contributed by atoms with van der Waals surface area (Å²) >= 11 is 4.66. The Morgan fingerprint density at radius 1 is 0.750 bits per heavy atom. The molecule has 0 radical (unpaired) electrons. The fourth-order valence-corrected chi connectivity index (χ4v) is 7.88. The molecule has 1 saturated heterocycles. The molecule has 1 unspecified atom stereocenters. The van der Waals surface area contributed by atoms with Crippen molar-refractivity contribution < 1.29 is 45.3 Å². The Bertz CT molecular complexity index is 2070. The summed E-state index contributed by atoms with van der Waals surface area (Å²) in [7, 11) is 0. The van der Waals surface area contributed by atoms with Gasteiger partial charge in [0, 0.05) is 19.5 Å². The van der Waals surface area contributed by atoms with Crippen molar-refractivity contribution in [2.24, 2.45) is 17.8 Å². The number of nitrogens with zero attached hydrogens (tertiary/aromatic N) is 8. The zero-order chi connectivity index (χ0) is 40.4. The van der Waals surface area contributed by atoms with Gasteiger partial charge in [-0.2, -0.15) is 19.4 Å². The van der Waals surface area contributed by atoms with Gasteiger partial charge in [-0.05, 0) is 123 Å². The van der Waals surface area contributed by atoms with Gasteiger partial charge in [-0.1, -0.05) is 24.3 Å². The minimum absolute atomic E-state index is 0.0566. The minimum atomic E-state index is -4.82. The largest absolute Gasteiger partial charge is 0.573 e. The van der Waals surface area contributed by atoms with Gasteiger partial charge < -0.3 is 23.8 Å². The number of aromatic nitrogens is 7. The molecule has 3 aromatic heterocycles. The van der Waals surface area contributed by atoms with E-state index in [9.17, 15) is 26.3 Å². The number of piperidine rings is 1. The molecule has 1 aliphatic carbocycles. The van der Waals surface area contributed by atoms with Crippen molar-refractivity contribution in [1.82, 2.24) is 33.9 Å². The first kappa shape index (κ1) is 41.1. The van der Waals surface area contributed by atoms with Gasteiger partial charge in [-0.25, -0.2) is 9.36 Å². The van der Waals surface area contributed by atoms with Gasteiger partial charge in [-0.15, -0.1) is 31.4 Å². The molecule has 7 rings (SSSR count). The number of fused-ring (bicyclic) bond motifs is 2. The van der Waals surface area contributed by atoms with E-state index in [4.69, 9.17) is 9.47 Å². The van der Waals surface area contributed by atoms with Crippen molar-refractivity contribution in [3.8, 4) is 35.0 Å². The van der Waals surface area contributed by atoms with Crippen LogP contribution in [0.1, 0.15) is 64.1 Å². The zero-order valence-corrected chi connectivity index (χ0v) is 33.3. The molecule has 2 aromatic carbocycles. The van der Waals surface area contributed by atoms with Crippen molar-refractivity contribution in [2.75, 3.05) is 18.0 Å². The number of rotatable bonds is 11. The second kappa shape index (κ2) is 16.9. The molecule has 5 aromatic rings. The van der Waals surface area contributed by atoms with E-state index in [0.29, 0.717) is 23.6 Å². The second-order valence-corrected chi connectivity index (χ2v) is 15.4. The second-order valence-electron chi connectivity index (χ2n) is 13.9. The molecule has 1 saturated carbocycles. The van der Waals surface area contributed by atoms with E-state index in [1.807, 2.05) is 34.6 Å². The van der Waals surface area contributed by atoms with Crippen molar-refractivity contribution in [3.63, 3.8) is 0 Å². The van der Waals surface area contributed by atoms with Crippen LogP contribution in [-0.2, 0) is 6.42 Å². The molecule has 302 valence electrons. The highest BCUT2D eigenvalue weighted by Crippen LogP contribution is 2.45. The number of ether oxygens (including phenoxy) is 4. The Morgan fingerprint density at radius 2 is 1.23 bits per heavy atom. The lowest BCUT2D eigenvalue weighted by atomic mass is 9.82. The van der Waals surface area contributed by atoms with Gasteiger partial charge in [0.1, 0.15) is 5.00 Å². The van der Waals surface area contributed by atoms with Crippen LogP contribution < -0.4 is 23.8 Å². The Kier molecular flexibility index (Phi) is 12.4. The summed E-state index contributed by atoms with van der Waals surface area (Å²) in [6.45, 7) is 11.6. The fraction of sp³-hybridized carbons (Fsp3) is 0.472. The lowest BCUT2D eigenvalue weighted by molar-refractivity contribution is -0.276. The molecule has 4 heterocycles. The fourth-order valence-electron chi connectivity index (χ4n) is 6.78. The van der Waals surface area contributed by atoms with Gasteiger partial charge >= 0.3 is 24.7 Å². The summed E-state index contributed by atoms with van der Waals surface area (Å²) in [5, 5.41) is 9.95. The smallest absolute Gasteiger partial charge is 0.420 e. The maximum Gasteiger partial charge on any atom is 0.573 e. The number of benzene rings is 2. The molecule has 0 amide bonds. The maximum atomic E-state index is 12.8. The van der Waals surface area contributed by atoms with Crippen LogP contribution in [-0.4, -0.2) is 59.7 Å². The number of hydrogen-bond acceptors (Lipinski definition) is 11. The van der Waals surface area contributed by atoms with Gasteiger partial charge in [0.25, 0.3) is 0 Å². The molecule has 2 fully saturated rings. The predicted octanol–water partition coefficient (Wildman–Crippen LogP) is 10.3. The standard InChI is InChI=1S/C24H28F3N5O2S.C12H11BrF3N3O2/c1-14(2)32-23(33-19-6-4-5-7-20(19)34-24(25,26)27)28-21(29-32)11-18-16-8-9-17(18)13-31(12-16)22-10-15(3)30-35-22;1-7(2)19-11(17-10(13)18-19)20-8-5-3-4-6-9(8)21-12(14,15)16/h4-7,10,14,16-18H,8-9,11-13H2,1-3H3;3-7H,1-2H3/t16-,17+,18?;. The zero-order valence-electron chi connectivity index (χ0n) is 30.9. The van der Waals surface area contributed by atoms with Crippen LogP contribution in [0.25, 0.3) is 0 Å². The molecular weight excluding hydrogens is 834 g/mol. The Balaban J connectivity index is 0.000000217. The van der Waals surface area contributed by atoms with Gasteiger partial charge in [0.05, 0.1) is 17.8 Å². The normalized spacial score (nSPS) is 18.2. The third-order valence-electron chi connectivity index (χ3n) is 9.12. The summed E-state index contributed by atoms with van der Waals surface area (Å²) in [6, 6.07) is 13.4. The molecule has 1 aliphatic heterocycles. The van der Waals surface area contributed by atoms with Crippen LogP contribution in [0.5, 0.6) is 35.0 Å². The summed E-state index contributed by atoms with van der Waals surface area (Å²) in [5.41, 5.74) is 1.05. The predicted molar refractivity (Wildman–Crippen MR) is 197 cm³/mol. The monoisotopic (exact) mass is 872 g/mol. The van der Waals surface area contributed by atoms with E-state index in [1.54, 1.807) is 22.3 Å². The molecule has 0 spiro atoms. The number of halogens is 7. The first-order valence-electron chi connectivity index (χ1n) is 17.7. The topological polar surface area (TPSA) is 114 Å². The first-order valence-corrected chi connectivity index (χ1v) is 19.3. The van der Waals surface area contributed by atoms with Crippen LogP contribution in [0, 0.1) is 24.7 Å². The van der Waals surface area contributed by atoms with E-state index < -0.39 is 24.2 Å². The average molecular weight is 874 g/mol. The van der Waals surface area contributed by atoms with Crippen LogP contribution in [0.15, 0.2) is 59.3 Å². The third-order valence-corrected chi connectivity index (χ3v) is 10.4. The Morgan fingerprint density at radius 3 is 1.70 bits per heavy atom. The summed E-state index contributed by atoms with van der Waals surface area (Å²) in [4.78, 5) is 11.0. The summed E-state index contributed by atoms with van der Waals surface area (Å²) in [5.74, 6) is 1.21. The highest BCUT2D eigenvalue weighted by molar-refractivity contribution is 9.10. The van der Waals surface area contributed by atoms with Crippen molar-refractivity contribution >= 4 is 32.5 Å². The Labute approximate surface area is 331 Å². The van der Waals surface area contributed by atoms with Crippen molar-refractivity contribution in [2.45, 2.75) is 78.7 Å². The SMILES string of the molecule is CC(C)n1nc(Br)nc1Oc1ccccc1OC(F)(F)F.Cc1cc(N2C[C@H]3CC[C@@H](C2)C3Cc2nc(Oc3ccccc3OC(F)(F)F)n(C(C)C)n2)sn1. The van der Waals surface area contributed by atoms with E-state index in [1.165, 1.54) is 58.9 Å². The molecule has 56 heavy (non-hydrogen) atoms. The molecular formula is C36H39BrF6N8O4S. The van der Waals surface area contributed by atoms with Crippen molar-refractivity contribution in [3.05, 3.63) is 70.8 Å². The van der Waals surface area contributed by atoms with E-state index in [0.717, 1.165) is 31.3 Å². The van der Waals surface area contributed by atoms with Crippen LogP contribution in [0.4, 0.5) is 31.3 Å². The Hall–Kier alpha value is -4.59. The van der Waals surface area contributed by atoms with Crippen molar-refractivity contribution in [1.29, 1.82) is 0 Å². The third kappa shape index (κ3) is 10.4. The lowest BCUT2D eigenvalue weighted by Gasteiger charge is -2.38. The van der Waals surface area contributed by atoms with Gasteiger partial charge in [0.2, 0.25) is 4.73 Å². The van der Waals surface area contributed by atoms with Gasteiger partial charge in [-0.3, -0.25) is 0 Å². The highest BCUT2D eigenvalue weighted by Gasteiger charge is 2.43.